The first-order valence-corrected chi connectivity index (χ1v) is 6.26. The zero-order chi connectivity index (χ0) is 13.0. The smallest absolute Gasteiger partial charge is 0.120 e. The molecule has 0 amide bonds. The second-order valence-electron chi connectivity index (χ2n) is 4.58. The van der Waals surface area contributed by atoms with Crippen LogP contribution in [0, 0.1) is 0 Å². The van der Waals surface area contributed by atoms with E-state index in [1.165, 1.54) is 0 Å². The fourth-order valence-electron chi connectivity index (χ4n) is 2.08. The largest absolute Gasteiger partial charge is 0.508 e. The summed E-state index contributed by atoms with van der Waals surface area (Å²) in [5.41, 5.74) is 0.915. The molecule has 18 heavy (non-hydrogen) atoms. The molecular formula is C15H19NO2. The Labute approximate surface area is 107 Å². The number of hydrogen-bond acceptors (Lipinski definition) is 3. The fraction of sp³-hybridized carbons (Fsp3) is 0.333. The van der Waals surface area contributed by atoms with Gasteiger partial charge >= 0.3 is 0 Å². The number of aliphatic hydroxyl groups is 1. The number of aromatic hydroxyl groups is 1. The standard InChI is InChI=1S/C15H19NO2/c1-11(8-9-17)16-10-14-13-5-3-2-4-12(13)6-7-15(14)18/h2-7,11,16-18H,8-10H2,1H3. The Morgan fingerprint density at radius 2 is 1.94 bits per heavy atom. The van der Waals surface area contributed by atoms with Gasteiger partial charge in [0.1, 0.15) is 5.75 Å². The van der Waals surface area contributed by atoms with Crippen molar-refractivity contribution >= 4 is 10.8 Å². The summed E-state index contributed by atoms with van der Waals surface area (Å²) in [7, 11) is 0. The van der Waals surface area contributed by atoms with E-state index < -0.39 is 0 Å². The molecule has 3 N–H and O–H groups in total. The second kappa shape index (κ2) is 5.85. The molecule has 0 fully saturated rings. The van der Waals surface area contributed by atoms with Crippen molar-refractivity contribution < 1.29 is 10.2 Å². The van der Waals surface area contributed by atoms with Gasteiger partial charge < -0.3 is 15.5 Å². The van der Waals surface area contributed by atoms with Gasteiger partial charge in [0.2, 0.25) is 0 Å². The minimum absolute atomic E-state index is 0.176. The zero-order valence-electron chi connectivity index (χ0n) is 10.6. The van der Waals surface area contributed by atoms with Crippen molar-refractivity contribution in [2.75, 3.05) is 6.61 Å². The number of hydrogen-bond donors (Lipinski definition) is 3. The van der Waals surface area contributed by atoms with Crippen molar-refractivity contribution in [2.45, 2.75) is 25.9 Å². The van der Waals surface area contributed by atoms with Crippen LogP contribution in [0.25, 0.3) is 10.8 Å². The number of fused-ring (bicyclic) bond motifs is 1. The molecule has 0 heterocycles. The van der Waals surface area contributed by atoms with E-state index in [0.717, 1.165) is 16.3 Å². The second-order valence-corrected chi connectivity index (χ2v) is 4.58. The number of phenolic OH excluding ortho intramolecular Hbond substituents is 1. The number of phenols is 1. The molecule has 0 aliphatic heterocycles. The molecule has 96 valence electrons. The summed E-state index contributed by atoms with van der Waals surface area (Å²) in [6.07, 6.45) is 0.714. The maximum absolute atomic E-state index is 9.96. The molecule has 0 bridgehead atoms. The van der Waals surface area contributed by atoms with Crippen LogP contribution in [0.15, 0.2) is 36.4 Å². The highest BCUT2D eigenvalue weighted by Gasteiger charge is 2.08. The van der Waals surface area contributed by atoms with E-state index in [4.69, 9.17) is 5.11 Å². The first kappa shape index (κ1) is 12.9. The summed E-state index contributed by atoms with van der Waals surface area (Å²) in [5.74, 6) is 0.317. The minimum Gasteiger partial charge on any atom is -0.508 e. The summed E-state index contributed by atoms with van der Waals surface area (Å²) >= 11 is 0. The van der Waals surface area contributed by atoms with Crippen molar-refractivity contribution in [3.05, 3.63) is 42.0 Å². The third-order valence-corrected chi connectivity index (χ3v) is 3.21. The molecule has 0 radical (unpaired) electrons. The lowest BCUT2D eigenvalue weighted by Crippen LogP contribution is -2.26. The van der Waals surface area contributed by atoms with Crippen LogP contribution in [0.4, 0.5) is 0 Å². The Morgan fingerprint density at radius 3 is 2.72 bits per heavy atom. The Bertz CT molecular complexity index is 525. The monoisotopic (exact) mass is 245 g/mol. The number of aliphatic hydroxyl groups excluding tert-OH is 1. The molecule has 2 aromatic rings. The zero-order valence-corrected chi connectivity index (χ0v) is 10.6. The molecular weight excluding hydrogens is 226 g/mol. The number of nitrogens with one attached hydrogen (secondary N) is 1. The van der Waals surface area contributed by atoms with Crippen LogP contribution in [-0.4, -0.2) is 22.9 Å². The van der Waals surface area contributed by atoms with Crippen LogP contribution < -0.4 is 5.32 Å². The third-order valence-electron chi connectivity index (χ3n) is 3.21. The van der Waals surface area contributed by atoms with Crippen LogP contribution in [-0.2, 0) is 6.54 Å². The summed E-state index contributed by atoms with van der Waals surface area (Å²) < 4.78 is 0. The summed E-state index contributed by atoms with van der Waals surface area (Å²) in [5, 5.41) is 24.3. The Balaban J connectivity index is 2.23. The van der Waals surface area contributed by atoms with E-state index in [1.54, 1.807) is 6.07 Å². The molecule has 1 atom stereocenters. The highest BCUT2D eigenvalue weighted by Crippen LogP contribution is 2.26. The minimum atomic E-state index is 0.176. The van der Waals surface area contributed by atoms with E-state index in [2.05, 4.69) is 5.32 Å². The first-order chi connectivity index (χ1) is 8.72. The summed E-state index contributed by atoms with van der Waals surface area (Å²) in [4.78, 5) is 0. The van der Waals surface area contributed by atoms with Crippen LogP contribution in [0.3, 0.4) is 0 Å². The van der Waals surface area contributed by atoms with E-state index in [0.29, 0.717) is 18.7 Å². The van der Waals surface area contributed by atoms with Gasteiger partial charge in [-0.2, -0.15) is 0 Å². The molecule has 2 aromatic carbocycles. The maximum atomic E-state index is 9.96. The Hall–Kier alpha value is -1.58. The van der Waals surface area contributed by atoms with Gasteiger partial charge in [0.25, 0.3) is 0 Å². The summed E-state index contributed by atoms with van der Waals surface area (Å²) in [6, 6.07) is 11.9. The molecule has 0 aromatic heterocycles. The van der Waals surface area contributed by atoms with Crippen LogP contribution in [0.2, 0.25) is 0 Å². The van der Waals surface area contributed by atoms with Gasteiger partial charge in [-0.3, -0.25) is 0 Å². The lowest BCUT2D eigenvalue weighted by Gasteiger charge is -2.14. The van der Waals surface area contributed by atoms with Crippen LogP contribution in [0.1, 0.15) is 18.9 Å². The third kappa shape index (κ3) is 2.81. The highest BCUT2D eigenvalue weighted by atomic mass is 16.3. The van der Waals surface area contributed by atoms with E-state index in [-0.39, 0.29) is 12.6 Å². The van der Waals surface area contributed by atoms with Crippen molar-refractivity contribution in [1.29, 1.82) is 0 Å². The molecule has 2 rings (SSSR count). The first-order valence-electron chi connectivity index (χ1n) is 6.26. The Morgan fingerprint density at radius 1 is 1.17 bits per heavy atom. The van der Waals surface area contributed by atoms with Crippen molar-refractivity contribution in [3.8, 4) is 5.75 Å². The fourth-order valence-corrected chi connectivity index (χ4v) is 2.08. The molecule has 0 saturated heterocycles. The quantitative estimate of drug-likeness (QED) is 0.758. The summed E-state index contributed by atoms with van der Waals surface area (Å²) in [6.45, 7) is 2.81. The molecule has 1 unspecified atom stereocenters. The van der Waals surface area contributed by atoms with Gasteiger partial charge in [-0.1, -0.05) is 30.3 Å². The van der Waals surface area contributed by atoms with E-state index in [9.17, 15) is 5.11 Å². The predicted molar refractivity (Wildman–Crippen MR) is 73.6 cm³/mol. The molecule has 0 saturated carbocycles. The van der Waals surface area contributed by atoms with Gasteiger partial charge in [0.15, 0.2) is 0 Å². The normalized spacial score (nSPS) is 12.8. The van der Waals surface area contributed by atoms with Crippen molar-refractivity contribution in [1.82, 2.24) is 5.32 Å². The molecule has 3 nitrogen and oxygen atoms in total. The van der Waals surface area contributed by atoms with Gasteiger partial charge in [-0.15, -0.1) is 0 Å². The van der Waals surface area contributed by atoms with E-state index >= 15 is 0 Å². The lowest BCUT2D eigenvalue weighted by molar-refractivity contribution is 0.268. The van der Waals surface area contributed by atoms with Crippen LogP contribution >= 0.6 is 0 Å². The average molecular weight is 245 g/mol. The Kier molecular flexibility index (Phi) is 4.18. The molecule has 3 heteroatoms. The highest BCUT2D eigenvalue weighted by molar-refractivity contribution is 5.87. The SMILES string of the molecule is CC(CCO)NCc1c(O)ccc2ccccc12. The van der Waals surface area contributed by atoms with Crippen molar-refractivity contribution in [2.24, 2.45) is 0 Å². The molecule has 0 aliphatic rings. The van der Waals surface area contributed by atoms with Gasteiger partial charge in [-0.05, 0) is 30.2 Å². The van der Waals surface area contributed by atoms with Gasteiger partial charge in [-0.25, -0.2) is 0 Å². The van der Waals surface area contributed by atoms with Crippen molar-refractivity contribution in [3.63, 3.8) is 0 Å². The predicted octanol–water partition coefficient (Wildman–Crippen LogP) is 2.41. The molecule has 0 aliphatic carbocycles. The number of rotatable bonds is 5. The maximum Gasteiger partial charge on any atom is 0.120 e. The van der Waals surface area contributed by atoms with Gasteiger partial charge in [0, 0.05) is 24.8 Å². The molecule has 0 spiro atoms. The van der Waals surface area contributed by atoms with E-state index in [1.807, 2.05) is 37.3 Å². The van der Waals surface area contributed by atoms with Gasteiger partial charge in [0.05, 0.1) is 0 Å². The topological polar surface area (TPSA) is 52.5 Å². The average Bonchev–Trinajstić information content (AvgIpc) is 2.38. The number of benzene rings is 2. The lowest BCUT2D eigenvalue weighted by atomic mass is 10.0. The van der Waals surface area contributed by atoms with Crippen LogP contribution in [0.5, 0.6) is 5.75 Å².